The van der Waals surface area contributed by atoms with Gasteiger partial charge in [-0.15, -0.1) is 0 Å². The van der Waals surface area contributed by atoms with Gasteiger partial charge in [0.05, 0.1) is 13.0 Å². The van der Waals surface area contributed by atoms with E-state index in [0.717, 1.165) is 29.5 Å². The first kappa shape index (κ1) is 36.0. The number of esters is 1. The molecule has 0 heterocycles. The highest BCUT2D eigenvalue weighted by molar-refractivity contribution is 9.09. The van der Waals surface area contributed by atoms with E-state index in [-0.39, 0.29) is 28.0 Å². The van der Waals surface area contributed by atoms with E-state index in [1.807, 2.05) is 12.1 Å². The van der Waals surface area contributed by atoms with E-state index < -0.39 is 0 Å². The van der Waals surface area contributed by atoms with Gasteiger partial charge in [0, 0.05) is 4.83 Å². The lowest BCUT2D eigenvalue weighted by molar-refractivity contribution is -0.143. The van der Waals surface area contributed by atoms with E-state index in [4.69, 9.17) is 4.74 Å². The molecule has 0 spiro atoms. The average Bonchev–Trinajstić information content (AvgIpc) is 2.84. The van der Waals surface area contributed by atoms with Gasteiger partial charge in [0.1, 0.15) is 5.75 Å². The second kappa shape index (κ2) is 19.2. The van der Waals surface area contributed by atoms with Gasteiger partial charge < -0.3 is 9.84 Å². The van der Waals surface area contributed by atoms with E-state index in [0.29, 0.717) is 12.4 Å². The Kier molecular flexibility index (Phi) is 17.7. The fraction of sp³-hybridized carbons (Fsp3) is 0.800. The number of carbonyl (C=O) groups excluding carboxylic acids is 1. The zero-order valence-corrected chi connectivity index (χ0v) is 28.2. The Balaban J connectivity index is 2.21. The molecule has 1 aromatic carbocycles. The number of rotatable bonds is 20. The SMILES string of the molecule is CCCCCCCCCCCCCCCCCCOC(=O)CC(Br)c1cc(C(C)(C)C)c(O)c(C(C)(C)C)c1. The number of ether oxygens (including phenoxy) is 1. The van der Waals surface area contributed by atoms with Gasteiger partial charge in [-0.25, -0.2) is 0 Å². The normalized spacial score (nSPS) is 13.0. The molecule has 0 radical (unpaired) electrons. The van der Waals surface area contributed by atoms with Gasteiger partial charge >= 0.3 is 5.97 Å². The molecule has 1 rings (SSSR count). The second-order valence-electron chi connectivity index (χ2n) is 13.7. The molecule has 1 unspecified atom stereocenters. The van der Waals surface area contributed by atoms with Crippen molar-refractivity contribution in [3.63, 3.8) is 0 Å². The average molecular weight is 610 g/mol. The standard InChI is InChI=1S/C35H61BrO3/c1-8-9-10-11-12-13-14-15-16-17-18-19-20-21-22-23-24-39-32(37)27-31(36)28-25-29(34(2,3)4)33(38)30(26-28)35(5,6)7/h25-26,31,38H,8-24,27H2,1-7H3. The van der Waals surface area contributed by atoms with Gasteiger partial charge in [-0.05, 0) is 33.9 Å². The molecule has 0 aliphatic heterocycles. The summed E-state index contributed by atoms with van der Waals surface area (Å²) in [5.74, 6) is 0.199. The Labute approximate surface area is 250 Å². The molecule has 0 saturated carbocycles. The number of unbranched alkanes of at least 4 members (excludes halogenated alkanes) is 15. The molecular weight excluding hydrogens is 548 g/mol. The summed E-state index contributed by atoms with van der Waals surface area (Å²) in [5.41, 5.74) is 2.45. The Morgan fingerprint density at radius 1 is 0.718 bits per heavy atom. The Morgan fingerprint density at radius 3 is 1.44 bits per heavy atom. The van der Waals surface area contributed by atoms with E-state index in [9.17, 15) is 9.90 Å². The molecule has 1 aromatic rings. The monoisotopic (exact) mass is 608 g/mol. The number of aromatic hydroxyl groups is 1. The molecule has 0 aliphatic carbocycles. The molecule has 4 heteroatoms. The molecule has 1 N–H and O–H groups in total. The van der Waals surface area contributed by atoms with Gasteiger partial charge in [0.25, 0.3) is 0 Å². The van der Waals surface area contributed by atoms with Crippen molar-refractivity contribution in [2.75, 3.05) is 6.61 Å². The van der Waals surface area contributed by atoms with Crippen LogP contribution in [0, 0.1) is 0 Å². The molecule has 39 heavy (non-hydrogen) atoms. The highest BCUT2D eigenvalue weighted by Crippen LogP contribution is 2.42. The van der Waals surface area contributed by atoms with Crippen LogP contribution in [-0.2, 0) is 20.4 Å². The first-order valence-corrected chi connectivity index (χ1v) is 17.0. The van der Waals surface area contributed by atoms with Crippen LogP contribution in [0.3, 0.4) is 0 Å². The predicted octanol–water partition coefficient (Wildman–Crippen LogP) is 11.6. The number of phenolic OH excluding ortho intramolecular Hbond substituents is 1. The van der Waals surface area contributed by atoms with Crippen molar-refractivity contribution in [3.05, 3.63) is 28.8 Å². The number of hydrogen-bond acceptors (Lipinski definition) is 3. The van der Waals surface area contributed by atoms with E-state index in [1.54, 1.807) is 0 Å². The Hall–Kier alpha value is -1.03. The molecule has 3 nitrogen and oxygen atoms in total. The lowest BCUT2D eigenvalue weighted by atomic mass is 9.78. The number of phenols is 1. The highest BCUT2D eigenvalue weighted by atomic mass is 79.9. The second-order valence-corrected chi connectivity index (χ2v) is 14.8. The summed E-state index contributed by atoms with van der Waals surface area (Å²) < 4.78 is 5.55. The zero-order valence-electron chi connectivity index (χ0n) is 26.6. The minimum absolute atomic E-state index is 0.140. The van der Waals surface area contributed by atoms with Crippen molar-refractivity contribution in [1.29, 1.82) is 0 Å². The van der Waals surface area contributed by atoms with Crippen LogP contribution in [0.15, 0.2) is 12.1 Å². The summed E-state index contributed by atoms with van der Waals surface area (Å²) in [6, 6.07) is 4.07. The zero-order chi connectivity index (χ0) is 29.3. The van der Waals surface area contributed by atoms with Crippen LogP contribution in [0.1, 0.15) is 179 Å². The number of carbonyl (C=O) groups is 1. The van der Waals surface area contributed by atoms with Gasteiger partial charge in [-0.2, -0.15) is 0 Å². The van der Waals surface area contributed by atoms with Crippen LogP contribution < -0.4 is 0 Å². The number of alkyl halides is 1. The van der Waals surface area contributed by atoms with Crippen LogP contribution in [0.25, 0.3) is 0 Å². The molecule has 0 aliphatic rings. The van der Waals surface area contributed by atoms with Crippen LogP contribution in [0.4, 0.5) is 0 Å². The van der Waals surface area contributed by atoms with Crippen molar-refractivity contribution in [1.82, 2.24) is 0 Å². The maximum atomic E-state index is 12.5. The third kappa shape index (κ3) is 15.5. The fourth-order valence-electron chi connectivity index (χ4n) is 5.14. The predicted molar refractivity (Wildman–Crippen MR) is 172 cm³/mol. The third-order valence-electron chi connectivity index (χ3n) is 7.72. The largest absolute Gasteiger partial charge is 0.507 e. The minimum Gasteiger partial charge on any atom is -0.507 e. The first-order valence-electron chi connectivity index (χ1n) is 16.1. The Morgan fingerprint density at radius 2 is 1.08 bits per heavy atom. The van der Waals surface area contributed by atoms with Crippen molar-refractivity contribution in [2.24, 2.45) is 0 Å². The van der Waals surface area contributed by atoms with Crippen LogP contribution in [0.2, 0.25) is 0 Å². The summed E-state index contributed by atoms with van der Waals surface area (Å²) in [6.07, 6.45) is 21.7. The maximum Gasteiger partial charge on any atom is 0.307 e. The molecular formula is C35H61BrO3. The van der Waals surface area contributed by atoms with E-state index >= 15 is 0 Å². The molecule has 0 fully saturated rings. The van der Waals surface area contributed by atoms with Crippen molar-refractivity contribution in [2.45, 2.75) is 173 Å². The summed E-state index contributed by atoms with van der Waals surface area (Å²) in [4.78, 5) is 12.4. The van der Waals surface area contributed by atoms with Crippen LogP contribution in [-0.4, -0.2) is 17.7 Å². The summed E-state index contributed by atoms with van der Waals surface area (Å²) in [6.45, 7) is 15.4. The van der Waals surface area contributed by atoms with Crippen molar-refractivity contribution < 1.29 is 14.6 Å². The molecule has 1 atom stereocenters. The lowest BCUT2D eigenvalue weighted by Gasteiger charge is -2.29. The van der Waals surface area contributed by atoms with Crippen LogP contribution in [0.5, 0.6) is 5.75 Å². The smallest absolute Gasteiger partial charge is 0.307 e. The number of halogens is 1. The van der Waals surface area contributed by atoms with Crippen molar-refractivity contribution >= 4 is 21.9 Å². The van der Waals surface area contributed by atoms with Gasteiger partial charge in [0.2, 0.25) is 0 Å². The summed E-state index contributed by atoms with van der Waals surface area (Å²) in [7, 11) is 0. The summed E-state index contributed by atoms with van der Waals surface area (Å²) in [5, 5.41) is 11.0. The third-order valence-corrected chi connectivity index (χ3v) is 8.57. The topological polar surface area (TPSA) is 46.5 Å². The van der Waals surface area contributed by atoms with E-state index in [1.165, 1.54) is 89.9 Å². The molecule has 0 bridgehead atoms. The fourth-order valence-corrected chi connectivity index (χ4v) is 5.67. The van der Waals surface area contributed by atoms with Gasteiger partial charge in [-0.1, -0.05) is 173 Å². The summed E-state index contributed by atoms with van der Waals surface area (Å²) >= 11 is 3.72. The molecule has 226 valence electrons. The number of benzene rings is 1. The molecule has 0 aromatic heterocycles. The highest BCUT2D eigenvalue weighted by Gasteiger charge is 2.28. The van der Waals surface area contributed by atoms with Gasteiger partial charge in [0.15, 0.2) is 0 Å². The van der Waals surface area contributed by atoms with Crippen LogP contribution >= 0.6 is 15.9 Å². The maximum absolute atomic E-state index is 12.5. The minimum atomic E-state index is -0.194. The van der Waals surface area contributed by atoms with E-state index in [2.05, 4.69) is 64.4 Å². The number of hydrogen-bond donors (Lipinski definition) is 1. The quantitative estimate of drug-likeness (QED) is 0.0909. The lowest BCUT2D eigenvalue weighted by Crippen LogP contribution is -2.18. The van der Waals surface area contributed by atoms with Gasteiger partial charge in [-0.3, -0.25) is 4.79 Å². The molecule has 0 amide bonds. The first-order chi connectivity index (χ1) is 18.4. The van der Waals surface area contributed by atoms with Crippen molar-refractivity contribution in [3.8, 4) is 5.75 Å². The molecule has 0 saturated heterocycles. The Bertz CT molecular complexity index is 768.